The van der Waals surface area contributed by atoms with Crippen LogP contribution in [0.5, 0.6) is 0 Å². The van der Waals surface area contributed by atoms with Gasteiger partial charge in [0.2, 0.25) is 0 Å². The maximum Gasteiger partial charge on any atom is 0.163 e. The Morgan fingerprint density at radius 1 is 1.35 bits per heavy atom. The molecule has 1 aromatic carbocycles. The first-order chi connectivity index (χ1) is 9.38. The number of halogens is 2. The molecule has 0 aliphatic heterocycles. The zero-order chi connectivity index (χ0) is 14.9. The Balaban J connectivity index is 2.41. The van der Waals surface area contributed by atoms with Crippen LogP contribution in [0.15, 0.2) is 18.2 Å². The van der Waals surface area contributed by atoms with Crippen molar-refractivity contribution in [2.75, 3.05) is 14.1 Å². The van der Waals surface area contributed by atoms with E-state index in [0.29, 0.717) is 5.92 Å². The van der Waals surface area contributed by atoms with Gasteiger partial charge in [0.15, 0.2) is 11.6 Å². The van der Waals surface area contributed by atoms with Gasteiger partial charge in [0.05, 0.1) is 6.04 Å². The fraction of sp³-hybridized carbons (Fsp3) is 0.625. The lowest BCUT2D eigenvalue weighted by atomic mass is 9.70. The third-order valence-electron chi connectivity index (χ3n) is 4.79. The third kappa shape index (κ3) is 2.59. The molecular weight excluding hydrogens is 258 g/mol. The minimum absolute atomic E-state index is 0.285. The van der Waals surface area contributed by atoms with Gasteiger partial charge in [-0.05, 0) is 38.9 Å². The summed E-state index contributed by atoms with van der Waals surface area (Å²) < 4.78 is 27.5. The summed E-state index contributed by atoms with van der Waals surface area (Å²) in [6, 6.07) is 3.75. The lowest BCUT2D eigenvalue weighted by molar-refractivity contribution is 0.0486. The van der Waals surface area contributed by atoms with E-state index in [4.69, 9.17) is 5.73 Å². The molecule has 4 heteroatoms. The molecule has 2 rings (SSSR count). The molecule has 1 aliphatic carbocycles. The Bertz CT molecular complexity index is 476. The Labute approximate surface area is 120 Å². The van der Waals surface area contributed by atoms with Crippen molar-refractivity contribution in [2.45, 2.75) is 44.2 Å². The lowest BCUT2D eigenvalue weighted by Crippen LogP contribution is -2.55. The summed E-state index contributed by atoms with van der Waals surface area (Å²) in [5.74, 6) is -1.08. The SMILES string of the molecule is CC1CCCC(C(N)c2cccc(F)c2F)(N(C)C)C1. The number of likely N-dealkylation sites (N-methyl/N-ethyl adjacent to an activating group) is 1. The van der Waals surface area contributed by atoms with Crippen LogP contribution in [0, 0.1) is 17.6 Å². The van der Waals surface area contributed by atoms with Gasteiger partial charge in [-0.2, -0.15) is 0 Å². The van der Waals surface area contributed by atoms with Crippen LogP contribution in [-0.2, 0) is 0 Å². The van der Waals surface area contributed by atoms with Crippen molar-refractivity contribution >= 4 is 0 Å². The summed E-state index contributed by atoms with van der Waals surface area (Å²) in [6.07, 6.45) is 4.08. The molecule has 0 heterocycles. The topological polar surface area (TPSA) is 29.3 Å². The summed E-state index contributed by atoms with van der Waals surface area (Å²) in [5, 5.41) is 0. The second kappa shape index (κ2) is 5.78. The van der Waals surface area contributed by atoms with Gasteiger partial charge in [-0.25, -0.2) is 8.78 Å². The molecule has 0 saturated heterocycles. The third-order valence-corrected chi connectivity index (χ3v) is 4.79. The molecule has 3 atom stereocenters. The van der Waals surface area contributed by atoms with Crippen molar-refractivity contribution in [3.8, 4) is 0 Å². The fourth-order valence-corrected chi connectivity index (χ4v) is 3.58. The van der Waals surface area contributed by atoms with Crippen LogP contribution in [0.2, 0.25) is 0 Å². The average Bonchev–Trinajstić information content (AvgIpc) is 2.40. The largest absolute Gasteiger partial charge is 0.322 e. The molecule has 1 fully saturated rings. The molecular formula is C16H24F2N2. The monoisotopic (exact) mass is 282 g/mol. The van der Waals surface area contributed by atoms with Gasteiger partial charge >= 0.3 is 0 Å². The fourth-order valence-electron chi connectivity index (χ4n) is 3.58. The van der Waals surface area contributed by atoms with Gasteiger partial charge < -0.3 is 10.6 Å². The van der Waals surface area contributed by atoms with Crippen molar-refractivity contribution in [1.29, 1.82) is 0 Å². The number of nitrogens with zero attached hydrogens (tertiary/aromatic N) is 1. The minimum Gasteiger partial charge on any atom is -0.322 e. The smallest absolute Gasteiger partial charge is 0.163 e. The zero-order valence-corrected chi connectivity index (χ0v) is 12.5. The average molecular weight is 282 g/mol. The molecule has 0 aromatic heterocycles. The quantitative estimate of drug-likeness (QED) is 0.919. The Kier molecular flexibility index (Phi) is 4.45. The van der Waals surface area contributed by atoms with E-state index in [1.54, 1.807) is 6.07 Å². The molecule has 0 amide bonds. The highest BCUT2D eigenvalue weighted by Crippen LogP contribution is 2.43. The van der Waals surface area contributed by atoms with Crippen molar-refractivity contribution in [2.24, 2.45) is 11.7 Å². The van der Waals surface area contributed by atoms with Crippen LogP contribution in [-0.4, -0.2) is 24.5 Å². The van der Waals surface area contributed by atoms with Crippen LogP contribution in [0.1, 0.15) is 44.2 Å². The number of rotatable bonds is 3. The van der Waals surface area contributed by atoms with E-state index < -0.39 is 17.7 Å². The predicted molar refractivity (Wildman–Crippen MR) is 77.3 cm³/mol. The summed E-state index contributed by atoms with van der Waals surface area (Å²) >= 11 is 0. The van der Waals surface area contributed by atoms with E-state index in [2.05, 4.69) is 11.8 Å². The van der Waals surface area contributed by atoms with Gasteiger partial charge in [0.1, 0.15) is 0 Å². The number of nitrogens with two attached hydrogens (primary N) is 1. The van der Waals surface area contributed by atoms with Gasteiger partial charge in [-0.15, -0.1) is 0 Å². The van der Waals surface area contributed by atoms with Crippen LogP contribution >= 0.6 is 0 Å². The molecule has 2 nitrogen and oxygen atoms in total. The highest BCUT2D eigenvalue weighted by atomic mass is 19.2. The molecule has 112 valence electrons. The molecule has 1 aromatic rings. The van der Waals surface area contributed by atoms with Gasteiger partial charge in [0.25, 0.3) is 0 Å². The van der Waals surface area contributed by atoms with Crippen LogP contribution in [0.3, 0.4) is 0 Å². The molecule has 20 heavy (non-hydrogen) atoms. The van der Waals surface area contributed by atoms with Crippen LogP contribution in [0.25, 0.3) is 0 Å². The zero-order valence-electron chi connectivity index (χ0n) is 12.5. The normalized spacial score (nSPS) is 28.6. The molecule has 1 saturated carbocycles. The van der Waals surface area contributed by atoms with E-state index in [1.807, 2.05) is 14.1 Å². The van der Waals surface area contributed by atoms with Gasteiger partial charge in [0, 0.05) is 11.1 Å². The molecule has 0 radical (unpaired) electrons. The van der Waals surface area contributed by atoms with E-state index in [0.717, 1.165) is 25.3 Å². The highest BCUT2D eigenvalue weighted by Gasteiger charge is 2.43. The van der Waals surface area contributed by atoms with Crippen molar-refractivity contribution in [1.82, 2.24) is 4.90 Å². The summed E-state index contributed by atoms with van der Waals surface area (Å²) in [7, 11) is 3.96. The minimum atomic E-state index is -0.823. The summed E-state index contributed by atoms with van der Waals surface area (Å²) in [5.41, 5.74) is 6.37. The standard InChI is InChI=1S/C16H24F2N2/c1-11-6-5-9-16(10-11,20(2)3)15(19)12-7-4-8-13(17)14(12)18/h4,7-8,11,15H,5-6,9-10,19H2,1-3H3. The highest BCUT2D eigenvalue weighted by molar-refractivity contribution is 5.26. The maximum absolute atomic E-state index is 14.1. The Morgan fingerprint density at radius 3 is 2.65 bits per heavy atom. The number of hydrogen-bond donors (Lipinski definition) is 1. The summed E-state index contributed by atoms with van der Waals surface area (Å²) in [6.45, 7) is 2.20. The first-order valence-electron chi connectivity index (χ1n) is 7.25. The molecule has 0 bridgehead atoms. The Morgan fingerprint density at radius 2 is 2.05 bits per heavy atom. The Hall–Kier alpha value is -1.00. The van der Waals surface area contributed by atoms with Crippen molar-refractivity contribution < 1.29 is 8.78 Å². The van der Waals surface area contributed by atoms with E-state index in [9.17, 15) is 8.78 Å². The van der Waals surface area contributed by atoms with E-state index in [1.165, 1.54) is 12.5 Å². The van der Waals surface area contributed by atoms with Crippen molar-refractivity contribution in [3.63, 3.8) is 0 Å². The number of hydrogen-bond acceptors (Lipinski definition) is 2. The molecule has 2 N–H and O–H groups in total. The van der Waals surface area contributed by atoms with Gasteiger partial charge in [-0.3, -0.25) is 0 Å². The van der Waals surface area contributed by atoms with Crippen molar-refractivity contribution in [3.05, 3.63) is 35.4 Å². The first kappa shape index (κ1) is 15.4. The maximum atomic E-state index is 14.1. The molecule has 0 spiro atoms. The lowest BCUT2D eigenvalue weighted by Gasteiger charge is -2.49. The van der Waals surface area contributed by atoms with Crippen LogP contribution < -0.4 is 5.73 Å². The molecule has 3 unspecified atom stereocenters. The number of benzene rings is 1. The van der Waals surface area contributed by atoms with Gasteiger partial charge in [-0.1, -0.05) is 31.9 Å². The summed E-state index contributed by atoms with van der Waals surface area (Å²) in [4.78, 5) is 2.09. The second-order valence-electron chi connectivity index (χ2n) is 6.32. The first-order valence-corrected chi connectivity index (χ1v) is 7.25. The van der Waals surface area contributed by atoms with Crippen LogP contribution in [0.4, 0.5) is 8.78 Å². The second-order valence-corrected chi connectivity index (χ2v) is 6.32. The van der Waals surface area contributed by atoms with E-state index in [-0.39, 0.29) is 11.1 Å². The molecule has 1 aliphatic rings. The van der Waals surface area contributed by atoms with E-state index >= 15 is 0 Å². The predicted octanol–water partition coefficient (Wildman–Crippen LogP) is 3.48.